The average molecular weight is 202 g/mol. The van der Waals surface area contributed by atoms with Crippen molar-refractivity contribution in [2.45, 2.75) is 6.61 Å². The van der Waals surface area contributed by atoms with Gasteiger partial charge in [-0.1, -0.05) is 0 Å². The van der Waals surface area contributed by atoms with Crippen LogP contribution in [0.15, 0.2) is 6.07 Å². The molecule has 0 fully saturated rings. The second-order valence-electron chi connectivity index (χ2n) is 2.59. The molecule has 0 atom stereocenters. The lowest BCUT2D eigenvalue weighted by atomic mass is 10.1. The van der Waals surface area contributed by atoms with E-state index in [-0.39, 0.29) is 17.1 Å². The van der Waals surface area contributed by atoms with Crippen molar-refractivity contribution in [2.75, 3.05) is 14.2 Å². The molecular weight excluding hydrogens is 191 g/mol. The summed E-state index contributed by atoms with van der Waals surface area (Å²) < 4.78 is 22.9. The van der Waals surface area contributed by atoms with Crippen LogP contribution in [-0.4, -0.2) is 24.4 Å². The number of rotatable bonds is 3. The number of phenols is 1. The maximum Gasteiger partial charge on any atom is 0.210 e. The van der Waals surface area contributed by atoms with E-state index >= 15 is 0 Å². The number of hydrogen-bond acceptors (Lipinski definition) is 4. The van der Waals surface area contributed by atoms with E-state index in [9.17, 15) is 9.50 Å². The first-order valence-corrected chi connectivity index (χ1v) is 3.88. The zero-order valence-corrected chi connectivity index (χ0v) is 7.87. The van der Waals surface area contributed by atoms with Gasteiger partial charge in [0.15, 0.2) is 11.5 Å². The first-order chi connectivity index (χ1) is 6.65. The third-order valence-electron chi connectivity index (χ3n) is 1.83. The normalized spacial score (nSPS) is 10.0. The second kappa shape index (κ2) is 4.15. The standard InChI is InChI=1S/C9H11FO4/c1-13-6-3-5(4-11)8(12)7(10)9(6)14-2/h3,11-12H,4H2,1-2H3. The molecule has 0 unspecified atom stereocenters. The minimum Gasteiger partial charge on any atom is -0.504 e. The molecule has 4 nitrogen and oxygen atoms in total. The molecule has 0 spiro atoms. The average Bonchev–Trinajstić information content (AvgIpc) is 2.21. The summed E-state index contributed by atoms with van der Waals surface area (Å²) in [6.45, 7) is -0.469. The molecule has 1 aromatic carbocycles. The highest BCUT2D eigenvalue weighted by Crippen LogP contribution is 2.37. The topological polar surface area (TPSA) is 58.9 Å². The Bertz CT molecular complexity index is 338. The van der Waals surface area contributed by atoms with Crippen molar-refractivity contribution in [1.82, 2.24) is 0 Å². The van der Waals surface area contributed by atoms with E-state index in [1.54, 1.807) is 0 Å². The van der Waals surface area contributed by atoms with Crippen LogP contribution in [0.3, 0.4) is 0 Å². The summed E-state index contributed by atoms with van der Waals surface area (Å²) in [5.41, 5.74) is 0.0557. The first kappa shape index (κ1) is 10.6. The number of methoxy groups -OCH3 is 2. The van der Waals surface area contributed by atoms with Crippen LogP contribution < -0.4 is 9.47 Å². The predicted octanol–water partition coefficient (Wildman–Crippen LogP) is 1.04. The van der Waals surface area contributed by atoms with Gasteiger partial charge in [-0.3, -0.25) is 0 Å². The van der Waals surface area contributed by atoms with Crippen LogP contribution >= 0.6 is 0 Å². The fourth-order valence-corrected chi connectivity index (χ4v) is 1.11. The molecule has 0 amide bonds. The molecule has 0 aromatic heterocycles. The number of ether oxygens (including phenoxy) is 2. The summed E-state index contributed by atoms with van der Waals surface area (Å²) in [5.74, 6) is -1.60. The fraction of sp³-hybridized carbons (Fsp3) is 0.333. The van der Waals surface area contributed by atoms with Gasteiger partial charge in [-0.15, -0.1) is 0 Å². The molecule has 2 N–H and O–H groups in total. The van der Waals surface area contributed by atoms with Crippen molar-refractivity contribution < 1.29 is 24.1 Å². The molecule has 1 aromatic rings. The molecule has 78 valence electrons. The van der Waals surface area contributed by atoms with Crippen LogP contribution in [-0.2, 0) is 6.61 Å². The molecule has 0 aliphatic heterocycles. The molecule has 0 saturated heterocycles. The van der Waals surface area contributed by atoms with E-state index in [1.165, 1.54) is 20.3 Å². The van der Waals surface area contributed by atoms with Gasteiger partial charge < -0.3 is 19.7 Å². The number of aromatic hydroxyl groups is 1. The van der Waals surface area contributed by atoms with Gasteiger partial charge in [0.25, 0.3) is 0 Å². The number of halogens is 1. The van der Waals surface area contributed by atoms with Gasteiger partial charge in [0.2, 0.25) is 11.6 Å². The van der Waals surface area contributed by atoms with Crippen molar-refractivity contribution in [3.05, 3.63) is 17.4 Å². The van der Waals surface area contributed by atoms with Crippen LogP contribution in [0.5, 0.6) is 17.2 Å². The third kappa shape index (κ3) is 1.58. The monoisotopic (exact) mass is 202 g/mol. The van der Waals surface area contributed by atoms with Gasteiger partial charge in [0.1, 0.15) is 0 Å². The van der Waals surface area contributed by atoms with Gasteiger partial charge in [0, 0.05) is 5.56 Å². The number of hydrogen-bond donors (Lipinski definition) is 2. The minimum atomic E-state index is -0.934. The largest absolute Gasteiger partial charge is 0.504 e. The number of aliphatic hydroxyl groups is 1. The Morgan fingerprint density at radius 1 is 1.36 bits per heavy atom. The molecule has 0 bridgehead atoms. The van der Waals surface area contributed by atoms with Gasteiger partial charge in [-0.25, -0.2) is 0 Å². The predicted molar refractivity (Wildman–Crippen MR) is 47.1 cm³/mol. The van der Waals surface area contributed by atoms with Crippen molar-refractivity contribution in [3.8, 4) is 17.2 Å². The quantitative estimate of drug-likeness (QED) is 0.768. The van der Waals surface area contributed by atoms with Gasteiger partial charge >= 0.3 is 0 Å². The van der Waals surface area contributed by atoms with Gasteiger partial charge in [-0.05, 0) is 6.07 Å². The molecular formula is C9H11FO4. The first-order valence-electron chi connectivity index (χ1n) is 3.88. The Morgan fingerprint density at radius 3 is 2.43 bits per heavy atom. The summed E-state index contributed by atoms with van der Waals surface area (Å²) in [6.07, 6.45) is 0. The Kier molecular flexibility index (Phi) is 3.14. The smallest absolute Gasteiger partial charge is 0.210 e. The van der Waals surface area contributed by atoms with E-state index in [0.717, 1.165) is 0 Å². The summed E-state index contributed by atoms with van der Waals surface area (Å²) in [7, 11) is 2.61. The summed E-state index contributed by atoms with van der Waals surface area (Å²) in [5, 5.41) is 18.1. The third-order valence-corrected chi connectivity index (χ3v) is 1.83. The molecule has 1 rings (SSSR count). The van der Waals surface area contributed by atoms with E-state index in [0.29, 0.717) is 0 Å². The minimum absolute atomic E-state index is 0.0557. The summed E-state index contributed by atoms with van der Waals surface area (Å²) >= 11 is 0. The Morgan fingerprint density at radius 2 is 2.00 bits per heavy atom. The van der Waals surface area contributed by atoms with Gasteiger partial charge in [0.05, 0.1) is 20.8 Å². The van der Waals surface area contributed by atoms with Crippen LogP contribution in [0.2, 0.25) is 0 Å². The maximum atomic E-state index is 13.3. The van der Waals surface area contributed by atoms with E-state index in [2.05, 4.69) is 0 Å². The summed E-state index contributed by atoms with van der Waals surface area (Å²) in [6, 6.07) is 1.32. The zero-order chi connectivity index (χ0) is 10.7. The molecule has 0 aliphatic rings. The van der Waals surface area contributed by atoms with E-state index in [4.69, 9.17) is 14.6 Å². The highest BCUT2D eigenvalue weighted by Gasteiger charge is 2.18. The molecule has 0 saturated carbocycles. The van der Waals surface area contributed by atoms with Crippen molar-refractivity contribution in [2.24, 2.45) is 0 Å². The second-order valence-corrected chi connectivity index (χ2v) is 2.59. The van der Waals surface area contributed by atoms with Crippen LogP contribution in [0.1, 0.15) is 5.56 Å². The van der Waals surface area contributed by atoms with Crippen LogP contribution in [0, 0.1) is 5.82 Å². The number of aliphatic hydroxyl groups excluding tert-OH is 1. The molecule has 14 heavy (non-hydrogen) atoms. The highest BCUT2D eigenvalue weighted by molar-refractivity contribution is 5.51. The molecule has 0 aliphatic carbocycles. The Labute approximate surface area is 80.5 Å². The molecule has 0 radical (unpaired) electrons. The highest BCUT2D eigenvalue weighted by atomic mass is 19.1. The van der Waals surface area contributed by atoms with Crippen LogP contribution in [0.25, 0.3) is 0 Å². The van der Waals surface area contributed by atoms with Crippen LogP contribution in [0.4, 0.5) is 4.39 Å². The molecule has 5 heteroatoms. The van der Waals surface area contributed by atoms with E-state index in [1.807, 2.05) is 0 Å². The Hall–Kier alpha value is -1.49. The van der Waals surface area contributed by atoms with E-state index < -0.39 is 18.2 Å². The molecule has 0 heterocycles. The van der Waals surface area contributed by atoms with Crippen molar-refractivity contribution in [1.29, 1.82) is 0 Å². The van der Waals surface area contributed by atoms with Crippen molar-refractivity contribution >= 4 is 0 Å². The lowest BCUT2D eigenvalue weighted by Gasteiger charge is -2.11. The maximum absolute atomic E-state index is 13.3. The van der Waals surface area contributed by atoms with Crippen molar-refractivity contribution in [3.63, 3.8) is 0 Å². The van der Waals surface area contributed by atoms with Gasteiger partial charge in [-0.2, -0.15) is 4.39 Å². The summed E-state index contributed by atoms with van der Waals surface area (Å²) in [4.78, 5) is 0. The number of benzene rings is 1. The lowest BCUT2D eigenvalue weighted by molar-refractivity contribution is 0.268. The lowest BCUT2D eigenvalue weighted by Crippen LogP contribution is -1.97. The fourth-order valence-electron chi connectivity index (χ4n) is 1.11. The SMILES string of the molecule is COc1cc(CO)c(O)c(F)c1OC. The zero-order valence-electron chi connectivity index (χ0n) is 7.87. The Balaban J connectivity index is 3.38.